The molecule has 1 fully saturated rings. The highest BCUT2D eigenvalue weighted by Gasteiger charge is 2.51. The van der Waals surface area contributed by atoms with E-state index in [-0.39, 0.29) is 12.2 Å². The van der Waals surface area contributed by atoms with E-state index in [4.69, 9.17) is 23.7 Å². The summed E-state index contributed by atoms with van der Waals surface area (Å²) < 4.78 is 28.4. The summed E-state index contributed by atoms with van der Waals surface area (Å²) in [5, 5.41) is 0. The topological polar surface area (TPSA) is 158 Å². The van der Waals surface area contributed by atoms with E-state index in [2.05, 4.69) is 0 Å². The predicted octanol–water partition coefficient (Wildman–Crippen LogP) is -0.0398. The van der Waals surface area contributed by atoms with E-state index in [9.17, 15) is 28.8 Å². The molecule has 0 spiro atoms. The van der Waals surface area contributed by atoms with Gasteiger partial charge in [-0.25, -0.2) is 4.79 Å². The van der Waals surface area contributed by atoms with E-state index in [1.807, 2.05) is 0 Å². The molecule has 13 heteroatoms. The number of rotatable bonds is 7. The summed E-state index contributed by atoms with van der Waals surface area (Å²) in [5.41, 5.74) is -2.50. The minimum atomic E-state index is -1.30. The number of ether oxygens (including phenoxy) is 5. The third-order valence-electron chi connectivity index (χ3n) is 5.00. The van der Waals surface area contributed by atoms with Crippen molar-refractivity contribution in [2.24, 2.45) is 12.5 Å². The molecular weight excluding hydrogens is 468 g/mol. The molecule has 35 heavy (non-hydrogen) atoms. The molecule has 0 aliphatic carbocycles. The van der Waals surface area contributed by atoms with Gasteiger partial charge in [0.15, 0.2) is 18.9 Å². The van der Waals surface area contributed by atoms with E-state index in [0.717, 1.165) is 29.2 Å². The average molecular weight is 498 g/mol. The average Bonchev–Trinajstić information content (AvgIpc) is 3.05. The van der Waals surface area contributed by atoms with E-state index in [1.54, 1.807) is 20.8 Å². The Kier molecular flexibility index (Phi) is 8.60. The first-order valence-electron chi connectivity index (χ1n) is 10.7. The van der Waals surface area contributed by atoms with Crippen LogP contribution in [0, 0.1) is 5.41 Å². The Bertz CT molecular complexity index is 1110. The van der Waals surface area contributed by atoms with Crippen molar-refractivity contribution in [1.82, 2.24) is 9.13 Å². The Morgan fingerprint density at radius 2 is 1.51 bits per heavy atom. The normalized spacial score (nSPS) is 21.8. The first-order valence-corrected chi connectivity index (χ1v) is 10.7. The largest absolute Gasteiger partial charge is 0.463 e. The molecule has 4 atom stereocenters. The van der Waals surface area contributed by atoms with Crippen LogP contribution in [0.1, 0.15) is 53.2 Å². The van der Waals surface area contributed by atoms with Gasteiger partial charge in [0.2, 0.25) is 0 Å². The Labute approximate surface area is 200 Å². The maximum atomic E-state index is 13.0. The van der Waals surface area contributed by atoms with Crippen molar-refractivity contribution in [1.29, 1.82) is 0 Å². The van der Waals surface area contributed by atoms with Crippen molar-refractivity contribution < 1.29 is 42.9 Å². The highest BCUT2D eigenvalue weighted by Crippen LogP contribution is 2.36. The Morgan fingerprint density at radius 1 is 0.943 bits per heavy atom. The molecule has 0 amide bonds. The Hall–Kier alpha value is -3.48. The fourth-order valence-electron chi connectivity index (χ4n) is 3.35. The molecule has 2 heterocycles. The summed E-state index contributed by atoms with van der Waals surface area (Å²) in [6, 6.07) is 0. The van der Waals surface area contributed by atoms with Crippen LogP contribution in [0.4, 0.5) is 0 Å². The molecule has 194 valence electrons. The minimum Gasteiger partial charge on any atom is -0.463 e. The van der Waals surface area contributed by atoms with Crippen LogP contribution in [-0.2, 0) is 56.6 Å². The smallest absolute Gasteiger partial charge is 0.333 e. The van der Waals surface area contributed by atoms with Crippen molar-refractivity contribution in [3.05, 3.63) is 32.6 Å². The Balaban J connectivity index is 2.53. The van der Waals surface area contributed by atoms with Crippen LogP contribution in [0.5, 0.6) is 0 Å². The standard InChI is InChI=1S/C22H30N2O11/c1-11(25)31-9-15-17(33-12(2)26)18(34-13(3)27)16(35-15)14-8-24(21(30)23(7)19(14)28)10-32-20(29)22(4,5)6/h8,15-18H,9-10H2,1-7H3/t15-,16+,17?,18?/m1/s1. The van der Waals surface area contributed by atoms with Crippen molar-refractivity contribution in [2.75, 3.05) is 6.61 Å². The molecule has 0 aromatic carbocycles. The second-order valence-electron chi connectivity index (χ2n) is 9.06. The monoisotopic (exact) mass is 498 g/mol. The van der Waals surface area contributed by atoms with Gasteiger partial charge in [0.05, 0.1) is 11.0 Å². The van der Waals surface area contributed by atoms with E-state index < -0.39 is 71.7 Å². The van der Waals surface area contributed by atoms with Crippen molar-refractivity contribution in [3.8, 4) is 0 Å². The SMILES string of the molecule is CC(=O)OC[C@H]1O[C@@H](c2cn(COC(=O)C(C)(C)C)c(=O)n(C)c2=O)C(OC(C)=O)C1OC(C)=O. The zero-order chi connectivity index (χ0) is 26.7. The van der Waals surface area contributed by atoms with Crippen molar-refractivity contribution in [2.45, 2.75) is 72.7 Å². The minimum absolute atomic E-state index is 0.132. The van der Waals surface area contributed by atoms with Gasteiger partial charge >= 0.3 is 29.6 Å². The van der Waals surface area contributed by atoms with E-state index in [1.165, 1.54) is 14.0 Å². The van der Waals surface area contributed by atoms with Gasteiger partial charge in [-0.3, -0.25) is 33.1 Å². The van der Waals surface area contributed by atoms with E-state index >= 15 is 0 Å². The van der Waals surface area contributed by atoms with Crippen LogP contribution in [0.15, 0.2) is 15.8 Å². The van der Waals surface area contributed by atoms with Gasteiger partial charge in [0, 0.05) is 34.0 Å². The van der Waals surface area contributed by atoms with Gasteiger partial charge in [-0.2, -0.15) is 0 Å². The lowest BCUT2D eigenvalue weighted by Crippen LogP contribution is -2.43. The van der Waals surface area contributed by atoms with Crippen LogP contribution in [0.2, 0.25) is 0 Å². The molecule has 1 aliphatic rings. The summed E-state index contributed by atoms with van der Waals surface area (Å²) in [4.78, 5) is 72.6. The number of hydrogen-bond donors (Lipinski definition) is 0. The molecule has 1 aromatic heterocycles. The Morgan fingerprint density at radius 3 is 2.03 bits per heavy atom. The molecular formula is C22H30N2O11. The van der Waals surface area contributed by atoms with Crippen LogP contribution in [-0.4, -0.2) is 57.9 Å². The molecule has 0 bridgehead atoms. The summed E-state index contributed by atoms with van der Waals surface area (Å²) in [5.74, 6) is -2.69. The molecule has 1 aliphatic heterocycles. The summed E-state index contributed by atoms with van der Waals surface area (Å²) in [6.07, 6.45) is -3.77. The molecule has 2 rings (SSSR count). The molecule has 2 unspecified atom stereocenters. The highest BCUT2D eigenvalue weighted by molar-refractivity contribution is 5.75. The third-order valence-corrected chi connectivity index (χ3v) is 5.00. The van der Waals surface area contributed by atoms with E-state index in [0.29, 0.717) is 0 Å². The number of carbonyl (C=O) groups excluding carboxylic acids is 4. The van der Waals surface area contributed by atoms with Crippen molar-refractivity contribution >= 4 is 23.9 Å². The third kappa shape index (κ3) is 6.78. The van der Waals surface area contributed by atoms with Gasteiger partial charge < -0.3 is 23.7 Å². The summed E-state index contributed by atoms with van der Waals surface area (Å²) in [6.45, 7) is 7.48. The molecule has 1 saturated heterocycles. The zero-order valence-electron chi connectivity index (χ0n) is 20.7. The number of aromatic nitrogens is 2. The highest BCUT2D eigenvalue weighted by atomic mass is 16.6. The first-order chi connectivity index (χ1) is 16.1. The van der Waals surface area contributed by atoms with Crippen LogP contribution >= 0.6 is 0 Å². The van der Waals surface area contributed by atoms with Gasteiger partial charge in [-0.1, -0.05) is 0 Å². The summed E-state index contributed by atoms with van der Waals surface area (Å²) >= 11 is 0. The maximum absolute atomic E-state index is 13.0. The molecule has 0 saturated carbocycles. The van der Waals surface area contributed by atoms with Gasteiger partial charge in [0.25, 0.3) is 5.56 Å². The maximum Gasteiger partial charge on any atom is 0.333 e. The van der Waals surface area contributed by atoms with Gasteiger partial charge in [-0.05, 0) is 20.8 Å². The molecule has 0 radical (unpaired) electrons. The first kappa shape index (κ1) is 27.8. The zero-order valence-corrected chi connectivity index (χ0v) is 20.7. The summed E-state index contributed by atoms with van der Waals surface area (Å²) in [7, 11) is 1.21. The fourth-order valence-corrected chi connectivity index (χ4v) is 3.35. The molecule has 1 aromatic rings. The lowest BCUT2D eigenvalue weighted by Gasteiger charge is -2.23. The quantitative estimate of drug-likeness (QED) is 0.367. The fraction of sp³-hybridized carbons (Fsp3) is 0.636. The van der Waals surface area contributed by atoms with Gasteiger partial charge in [-0.15, -0.1) is 0 Å². The number of nitrogens with zero attached hydrogens (tertiary/aromatic N) is 2. The lowest BCUT2D eigenvalue weighted by atomic mass is 9.98. The number of esters is 4. The second kappa shape index (κ2) is 10.8. The van der Waals surface area contributed by atoms with Crippen LogP contribution in [0.3, 0.4) is 0 Å². The predicted molar refractivity (Wildman–Crippen MR) is 117 cm³/mol. The number of carbonyl (C=O) groups is 4. The van der Waals surface area contributed by atoms with Crippen LogP contribution < -0.4 is 11.2 Å². The molecule has 0 N–H and O–H groups in total. The second-order valence-corrected chi connectivity index (χ2v) is 9.06. The van der Waals surface area contributed by atoms with Crippen LogP contribution in [0.25, 0.3) is 0 Å². The van der Waals surface area contributed by atoms with Crippen molar-refractivity contribution in [3.63, 3.8) is 0 Å². The number of hydrogen-bond acceptors (Lipinski definition) is 11. The lowest BCUT2D eigenvalue weighted by molar-refractivity contribution is -0.165. The molecule has 13 nitrogen and oxygen atoms in total. The van der Waals surface area contributed by atoms with Gasteiger partial charge in [0.1, 0.15) is 18.8 Å².